The Morgan fingerprint density at radius 1 is 0.900 bits per heavy atom. The van der Waals surface area contributed by atoms with E-state index < -0.39 is 25.8 Å². The van der Waals surface area contributed by atoms with Gasteiger partial charge in [-0.3, -0.25) is 9.71 Å². The van der Waals surface area contributed by atoms with Gasteiger partial charge in [0, 0.05) is 6.07 Å². The van der Waals surface area contributed by atoms with Crippen LogP contribution >= 0.6 is 0 Å². The SMILES string of the molecule is O=c1[nH]c2ccc(S(=O)(=O)Nc3cccc(S(=O)(=O)NCc4ccco4)c3)cc2o1. The second kappa shape index (κ2) is 7.48. The summed E-state index contributed by atoms with van der Waals surface area (Å²) >= 11 is 0. The van der Waals surface area contributed by atoms with Crippen molar-refractivity contribution in [1.82, 2.24) is 9.71 Å². The first kappa shape index (κ1) is 19.9. The van der Waals surface area contributed by atoms with Crippen LogP contribution in [-0.2, 0) is 26.6 Å². The van der Waals surface area contributed by atoms with Crippen molar-refractivity contribution in [2.24, 2.45) is 0 Å². The predicted octanol–water partition coefficient (Wildman–Crippen LogP) is 1.99. The number of sulfonamides is 2. The van der Waals surface area contributed by atoms with Crippen molar-refractivity contribution in [2.75, 3.05) is 4.72 Å². The summed E-state index contributed by atoms with van der Waals surface area (Å²) in [6.45, 7) is -0.0484. The number of benzene rings is 2. The summed E-state index contributed by atoms with van der Waals surface area (Å²) in [4.78, 5) is 13.4. The van der Waals surface area contributed by atoms with Crippen molar-refractivity contribution >= 4 is 36.8 Å². The highest BCUT2D eigenvalue weighted by Crippen LogP contribution is 2.22. The summed E-state index contributed by atoms with van der Waals surface area (Å²) in [7, 11) is -7.97. The fourth-order valence-electron chi connectivity index (χ4n) is 2.70. The molecule has 0 saturated carbocycles. The maximum absolute atomic E-state index is 12.7. The summed E-state index contributed by atoms with van der Waals surface area (Å²) in [5, 5.41) is 0. The zero-order valence-corrected chi connectivity index (χ0v) is 16.8. The molecule has 0 radical (unpaired) electrons. The topological polar surface area (TPSA) is 151 Å². The first-order chi connectivity index (χ1) is 14.2. The molecule has 0 bridgehead atoms. The van der Waals surface area contributed by atoms with Crippen molar-refractivity contribution < 1.29 is 25.7 Å². The smallest absolute Gasteiger partial charge is 0.417 e. The van der Waals surface area contributed by atoms with E-state index in [9.17, 15) is 21.6 Å². The number of hydrogen-bond donors (Lipinski definition) is 3. The number of furan rings is 1. The maximum Gasteiger partial charge on any atom is 0.417 e. The molecule has 0 unspecified atom stereocenters. The lowest BCUT2D eigenvalue weighted by Gasteiger charge is -2.10. The van der Waals surface area contributed by atoms with Crippen molar-refractivity contribution in [3.8, 4) is 0 Å². The number of hydrogen-bond acceptors (Lipinski definition) is 7. The van der Waals surface area contributed by atoms with Crippen molar-refractivity contribution in [2.45, 2.75) is 16.3 Å². The molecule has 10 nitrogen and oxygen atoms in total. The zero-order valence-electron chi connectivity index (χ0n) is 15.2. The van der Waals surface area contributed by atoms with E-state index in [1.165, 1.54) is 48.7 Å². The first-order valence-electron chi connectivity index (χ1n) is 8.51. The van der Waals surface area contributed by atoms with Gasteiger partial charge in [-0.15, -0.1) is 0 Å². The molecular weight excluding hydrogens is 434 g/mol. The molecule has 0 spiro atoms. The highest BCUT2D eigenvalue weighted by Gasteiger charge is 2.19. The van der Waals surface area contributed by atoms with E-state index >= 15 is 0 Å². The van der Waals surface area contributed by atoms with Crippen LogP contribution in [0.3, 0.4) is 0 Å². The van der Waals surface area contributed by atoms with Crippen LogP contribution in [-0.4, -0.2) is 21.8 Å². The molecule has 156 valence electrons. The summed E-state index contributed by atoms with van der Waals surface area (Å²) in [6, 6.07) is 12.5. The van der Waals surface area contributed by atoms with Crippen LogP contribution in [0.5, 0.6) is 0 Å². The Morgan fingerprint density at radius 3 is 2.47 bits per heavy atom. The molecule has 12 heteroatoms. The second-order valence-corrected chi connectivity index (χ2v) is 9.66. The molecule has 0 amide bonds. The molecule has 0 saturated heterocycles. The highest BCUT2D eigenvalue weighted by atomic mass is 32.2. The minimum Gasteiger partial charge on any atom is -0.468 e. The maximum atomic E-state index is 12.7. The number of H-pyrrole nitrogens is 1. The third-order valence-electron chi connectivity index (χ3n) is 4.12. The van der Waals surface area contributed by atoms with Gasteiger partial charge in [0.25, 0.3) is 10.0 Å². The van der Waals surface area contributed by atoms with Crippen molar-refractivity contribution in [3.05, 3.63) is 77.2 Å². The van der Waals surface area contributed by atoms with E-state index in [0.29, 0.717) is 11.3 Å². The Morgan fingerprint density at radius 2 is 1.70 bits per heavy atom. The standard InChI is InChI=1S/C18H15N3O7S2/c22-18-20-16-7-6-15(10-17(16)28-18)30(25,26)21-12-3-1-5-14(9-12)29(23,24)19-11-13-4-2-8-27-13/h1-10,19,21H,11H2,(H,20,22). The average Bonchev–Trinajstić information content (AvgIpc) is 3.34. The summed E-state index contributed by atoms with van der Waals surface area (Å²) in [5.74, 6) is -0.269. The van der Waals surface area contributed by atoms with E-state index in [2.05, 4.69) is 14.4 Å². The van der Waals surface area contributed by atoms with Gasteiger partial charge >= 0.3 is 5.76 Å². The number of aromatic amines is 1. The Hall–Kier alpha value is -3.35. The number of nitrogens with one attached hydrogen (secondary N) is 3. The fraction of sp³-hybridized carbons (Fsp3) is 0.0556. The number of oxazole rings is 1. The van der Waals surface area contributed by atoms with Crippen LogP contribution in [0.4, 0.5) is 5.69 Å². The third kappa shape index (κ3) is 4.15. The molecule has 0 atom stereocenters. The predicted molar refractivity (Wildman–Crippen MR) is 107 cm³/mol. The van der Waals surface area contributed by atoms with Gasteiger partial charge in [-0.25, -0.2) is 26.4 Å². The van der Waals surface area contributed by atoms with E-state index in [1.54, 1.807) is 12.1 Å². The van der Waals surface area contributed by atoms with Gasteiger partial charge in [-0.2, -0.15) is 0 Å². The summed E-state index contributed by atoms with van der Waals surface area (Å²) < 4.78 is 65.0. The van der Waals surface area contributed by atoms with Gasteiger partial charge in [-0.1, -0.05) is 6.07 Å². The van der Waals surface area contributed by atoms with Gasteiger partial charge in [0.2, 0.25) is 10.0 Å². The van der Waals surface area contributed by atoms with E-state index in [0.717, 1.165) is 0 Å². The van der Waals surface area contributed by atoms with Gasteiger partial charge in [0.15, 0.2) is 5.58 Å². The van der Waals surface area contributed by atoms with E-state index in [4.69, 9.17) is 8.83 Å². The minimum atomic E-state index is -4.06. The zero-order chi connectivity index (χ0) is 21.4. The lowest BCUT2D eigenvalue weighted by atomic mass is 10.3. The summed E-state index contributed by atoms with van der Waals surface area (Å²) in [6.07, 6.45) is 1.43. The highest BCUT2D eigenvalue weighted by molar-refractivity contribution is 7.92. The molecule has 2 heterocycles. The Labute approximate surface area is 170 Å². The Bertz CT molecular complexity index is 1470. The van der Waals surface area contributed by atoms with E-state index in [-0.39, 0.29) is 27.6 Å². The van der Waals surface area contributed by atoms with E-state index in [1.807, 2.05) is 0 Å². The fourth-order valence-corrected chi connectivity index (χ4v) is 4.80. The largest absolute Gasteiger partial charge is 0.468 e. The number of anilines is 1. The van der Waals surface area contributed by atoms with Gasteiger partial charge in [0.1, 0.15) is 5.76 Å². The van der Waals surface area contributed by atoms with Crippen molar-refractivity contribution in [1.29, 1.82) is 0 Å². The van der Waals surface area contributed by atoms with Crippen LogP contribution < -0.4 is 15.2 Å². The molecule has 4 aromatic rings. The van der Waals surface area contributed by atoms with Crippen LogP contribution in [0, 0.1) is 0 Å². The number of fused-ring (bicyclic) bond motifs is 1. The molecule has 0 fully saturated rings. The number of rotatable bonds is 7. The average molecular weight is 449 g/mol. The molecule has 3 N–H and O–H groups in total. The van der Waals surface area contributed by atoms with Crippen LogP contribution in [0.25, 0.3) is 11.1 Å². The number of aromatic nitrogens is 1. The van der Waals surface area contributed by atoms with Crippen LogP contribution in [0.15, 0.2) is 84.3 Å². The monoisotopic (exact) mass is 449 g/mol. The molecule has 2 aromatic carbocycles. The van der Waals surface area contributed by atoms with Gasteiger partial charge < -0.3 is 8.83 Å². The molecule has 0 aliphatic rings. The molecule has 0 aliphatic heterocycles. The third-order valence-corrected chi connectivity index (χ3v) is 6.89. The second-order valence-electron chi connectivity index (χ2n) is 6.21. The van der Waals surface area contributed by atoms with Crippen LogP contribution in [0.1, 0.15) is 5.76 Å². The van der Waals surface area contributed by atoms with Crippen molar-refractivity contribution in [3.63, 3.8) is 0 Å². The lowest BCUT2D eigenvalue weighted by Crippen LogP contribution is -2.23. The first-order valence-corrected chi connectivity index (χ1v) is 11.5. The quantitative estimate of drug-likeness (QED) is 0.390. The summed E-state index contributed by atoms with van der Waals surface area (Å²) in [5.41, 5.74) is 0.488. The van der Waals surface area contributed by atoms with Gasteiger partial charge in [-0.05, 0) is 42.5 Å². The Balaban J connectivity index is 1.57. The molecular formula is C18H15N3O7S2. The molecule has 30 heavy (non-hydrogen) atoms. The normalized spacial score (nSPS) is 12.3. The Kier molecular flexibility index (Phi) is 4.97. The van der Waals surface area contributed by atoms with Gasteiger partial charge in [0.05, 0.1) is 33.8 Å². The molecule has 2 aromatic heterocycles. The van der Waals surface area contributed by atoms with Crippen LogP contribution in [0.2, 0.25) is 0 Å². The molecule has 0 aliphatic carbocycles. The lowest BCUT2D eigenvalue weighted by molar-refractivity contribution is 0.498. The molecule has 4 rings (SSSR count). The minimum absolute atomic E-state index is 0.0477.